The summed E-state index contributed by atoms with van der Waals surface area (Å²) in [6, 6.07) is -0.0391. The smallest absolute Gasteiger partial charge is 0.121 e. The molecule has 0 N–H and O–H groups in total. The molecule has 0 amide bonds. The largest absolute Gasteiger partial charge is 0.245 e. The van der Waals surface area contributed by atoms with E-state index in [2.05, 4.69) is 41.8 Å². The lowest BCUT2D eigenvalue weighted by molar-refractivity contribution is 0.206. The van der Waals surface area contributed by atoms with Crippen LogP contribution in [0.5, 0.6) is 0 Å². The van der Waals surface area contributed by atoms with Crippen LogP contribution in [-0.2, 0) is 0 Å². The van der Waals surface area contributed by atoms with Gasteiger partial charge in [0, 0.05) is 29.3 Å². The van der Waals surface area contributed by atoms with E-state index in [1.165, 1.54) is 5.57 Å². The van der Waals surface area contributed by atoms with Gasteiger partial charge in [0.05, 0.1) is 12.6 Å². The first-order valence-corrected chi connectivity index (χ1v) is 6.77. The van der Waals surface area contributed by atoms with Crippen molar-refractivity contribution < 1.29 is 4.39 Å². The number of hydrogen-bond donors (Lipinski definition) is 0. The molecule has 90 valence electrons. The molecule has 3 heteroatoms. The Hall–Kier alpha value is -0.0800. The molecule has 3 atom stereocenters. The molecule has 0 aromatic heterocycles. The van der Waals surface area contributed by atoms with Crippen LogP contribution in [0.4, 0.5) is 4.39 Å². The van der Waals surface area contributed by atoms with Crippen LogP contribution >= 0.6 is 22.9 Å². The van der Waals surface area contributed by atoms with Crippen LogP contribution in [0.1, 0.15) is 33.1 Å². The van der Waals surface area contributed by atoms with Crippen LogP contribution in [0.15, 0.2) is 11.6 Å². The van der Waals surface area contributed by atoms with Crippen LogP contribution in [0, 0.1) is 18.3 Å². The number of rotatable bonds is 4. The van der Waals surface area contributed by atoms with Gasteiger partial charge in [-0.15, -0.1) is 6.42 Å². The molecule has 0 aliphatic heterocycles. The Labute approximate surface area is 112 Å². The fourth-order valence-corrected chi connectivity index (χ4v) is 3.47. The van der Waals surface area contributed by atoms with E-state index in [0.717, 1.165) is 12.8 Å². The third kappa shape index (κ3) is 2.98. The lowest BCUT2D eigenvalue weighted by Gasteiger charge is -2.27. The molecule has 0 aromatic rings. The van der Waals surface area contributed by atoms with Gasteiger partial charge in [0.2, 0.25) is 0 Å². The van der Waals surface area contributed by atoms with Crippen molar-refractivity contribution in [2.45, 2.75) is 45.3 Å². The van der Waals surface area contributed by atoms with Crippen molar-refractivity contribution in [2.24, 2.45) is 5.92 Å². The van der Waals surface area contributed by atoms with Gasteiger partial charge in [-0.2, -0.15) is 0 Å². The minimum Gasteiger partial charge on any atom is -0.245 e. The molecule has 16 heavy (non-hydrogen) atoms. The van der Waals surface area contributed by atoms with E-state index in [1.807, 2.05) is 10.0 Å². The Morgan fingerprint density at radius 1 is 1.69 bits per heavy atom. The van der Waals surface area contributed by atoms with Crippen LogP contribution in [0.3, 0.4) is 0 Å². The third-order valence-corrected chi connectivity index (χ3v) is 4.21. The van der Waals surface area contributed by atoms with E-state index in [9.17, 15) is 4.39 Å². The zero-order valence-corrected chi connectivity index (χ0v) is 12.1. The van der Waals surface area contributed by atoms with Crippen LogP contribution in [0.2, 0.25) is 0 Å². The number of halogens is 2. The van der Waals surface area contributed by atoms with Gasteiger partial charge < -0.3 is 0 Å². The molecule has 1 aliphatic rings. The summed E-state index contributed by atoms with van der Waals surface area (Å²) < 4.78 is 16.0. The van der Waals surface area contributed by atoms with Gasteiger partial charge in [-0.05, 0) is 19.3 Å². The topological polar surface area (TPSA) is 3.24 Å². The van der Waals surface area contributed by atoms with Crippen LogP contribution in [-0.4, -0.2) is 21.9 Å². The molecule has 0 spiro atoms. The summed E-state index contributed by atoms with van der Waals surface area (Å²) in [5, 5.41) is 0. The molecule has 1 rings (SSSR count). The quantitative estimate of drug-likeness (QED) is 0.327. The van der Waals surface area contributed by atoms with Crippen molar-refractivity contribution in [1.29, 1.82) is 0 Å². The lowest BCUT2D eigenvalue weighted by atomic mass is 9.94. The van der Waals surface area contributed by atoms with Crippen molar-refractivity contribution in [1.82, 2.24) is 3.11 Å². The summed E-state index contributed by atoms with van der Waals surface area (Å²) in [6.45, 7) is 4.67. The maximum absolute atomic E-state index is 14.0. The maximum atomic E-state index is 14.0. The molecular formula is C13H19FIN. The van der Waals surface area contributed by atoms with Crippen molar-refractivity contribution in [3.63, 3.8) is 0 Å². The highest BCUT2D eigenvalue weighted by Gasteiger charge is 2.41. The van der Waals surface area contributed by atoms with Crippen LogP contribution < -0.4 is 0 Å². The number of nitrogens with zero attached hydrogens (tertiary/aromatic N) is 1. The summed E-state index contributed by atoms with van der Waals surface area (Å²) in [7, 11) is 0. The maximum Gasteiger partial charge on any atom is 0.121 e. The van der Waals surface area contributed by atoms with Crippen molar-refractivity contribution in [3.8, 4) is 12.3 Å². The highest BCUT2D eigenvalue weighted by atomic mass is 127. The van der Waals surface area contributed by atoms with E-state index < -0.39 is 6.17 Å². The van der Waals surface area contributed by atoms with E-state index in [4.69, 9.17) is 6.42 Å². The van der Waals surface area contributed by atoms with Gasteiger partial charge in [0.1, 0.15) is 6.17 Å². The van der Waals surface area contributed by atoms with Gasteiger partial charge in [-0.25, -0.2) is 7.50 Å². The second-order valence-corrected chi connectivity index (χ2v) is 5.47. The number of terminal acetylenes is 1. The Balaban J connectivity index is 2.83. The summed E-state index contributed by atoms with van der Waals surface area (Å²) in [5.74, 6) is 2.94. The highest BCUT2D eigenvalue weighted by Crippen LogP contribution is 2.40. The highest BCUT2D eigenvalue weighted by molar-refractivity contribution is 14.1. The monoisotopic (exact) mass is 335 g/mol. The van der Waals surface area contributed by atoms with Gasteiger partial charge in [0.15, 0.2) is 0 Å². The van der Waals surface area contributed by atoms with E-state index in [1.54, 1.807) is 0 Å². The van der Waals surface area contributed by atoms with Gasteiger partial charge >= 0.3 is 0 Å². The Morgan fingerprint density at radius 2 is 2.38 bits per heavy atom. The number of allylic oxidation sites excluding steroid dienone is 1. The number of alkyl halides is 1. The second-order valence-electron chi connectivity index (χ2n) is 4.23. The zero-order chi connectivity index (χ0) is 12.1. The Morgan fingerprint density at radius 3 is 2.88 bits per heavy atom. The first kappa shape index (κ1) is 14.0. The molecule has 0 radical (unpaired) electrons. The molecule has 1 saturated carbocycles. The summed E-state index contributed by atoms with van der Waals surface area (Å²) >= 11 is 2.16. The van der Waals surface area contributed by atoms with Gasteiger partial charge in [-0.1, -0.05) is 30.9 Å². The summed E-state index contributed by atoms with van der Waals surface area (Å²) in [4.78, 5) is 0. The molecule has 0 saturated heterocycles. The Bertz CT molecular complexity index is 295. The normalized spacial score (nSPS) is 32.2. The molecule has 0 bridgehead atoms. The molecule has 1 aliphatic carbocycles. The fourth-order valence-electron chi connectivity index (χ4n) is 2.53. The fraction of sp³-hybridized carbons (Fsp3) is 0.692. The van der Waals surface area contributed by atoms with Crippen LogP contribution in [0.25, 0.3) is 0 Å². The molecule has 3 unspecified atom stereocenters. The predicted octanol–water partition coefficient (Wildman–Crippen LogP) is 3.74. The number of hydrogen-bond acceptors (Lipinski definition) is 1. The molecule has 1 fully saturated rings. The van der Waals surface area contributed by atoms with Gasteiger partial charge in [-0.3, -0.25) is 0 Å². The standard InChI is InChI=1S/C13H19FIN/c1-4-7-11-10(6-3)9-12(14)13(11)16(15)8-5-2/h2,6,11-13H,4,7-9H2,1,3H3/b10-6-. The van der Waals surface area contributed by atoms with Gasteiger partial charge in [0.25, 0.3) is 0 Å². The first-order valence-electron chi connectivity index (χ1n) is 5.80. The third-order valence-electron chi connectivity index (χ3n) is 3.23. The molecule has 0 heterocycles. The molecule has 1 nitrogen and oxygen atoms in total. The molecular weight excluding hydrogens is 316 g/mol. The SMILES string of the molecule is C#CCN(I)C1C(F)C/C(=C/C)C1CCC. The van der Waals surface area contributed by atoms with Crippen molar-refractivity contribution in [3.05, 3.63) is 11.6 Å². The average molecular weight is 335 g/mol. The van der Waals surface area contributed by atoms with Crippen molar-refractivity contribution >= 4 is 22.9 Å². The first-order chi connectivity index (χ1) is 7.65. The molecule has 0 aromatic carbocycles. The lowest BCUT2D eigenvalue weighted by Crippen LogP contribution is -2.36. The summed E-state index contributed by atoms with van der Waals surface area (Å²) in [5.41, 5.74) is 1.26. The van der Waals surface area contributed by atoms with Crippen molar-refractivity contribution in [2.75, 3.05) is 6.54 Å². The zero-order valence-electron chi connectivity index (χ0n) is 9.92. The minimum absolute atomic E-state index is 0.0391. The van der Waals surface area contributed by atoms with E-state index in [-0.39, 0.29) is 6.04 Å². The van der Waals surface area contributed by atoms with E-state index in [0.29, 0.717) is 18.9 Å². The predicted molar refractivity (Wildman–Crippen MR) is 75.0 cm³/mol. The van der Waals surface area contributed by atoms with E-state index >= 15 is 0 Å². The Kier molecular flexibility index (Phi) is 5.77. The minimum atomic E-state index is -0.770. The second kappa shape index (κ2) is 6.61. The summed E-state index contributed by atoms with van der Waals surface area (Å²) in [6.07, 6.45) is 9.32. The average Bonchev–Trinajstić information content (AvgIpc) is 2.56.